The molecule has 90 valence electrons. The number of hydrogen-bond acceptors (Lipinski definition) is 3. The van der Waals surface area contributed by atoms with Gasteiger partial charge in [0.15, 0.2) is 5.60 Å². The minimum atomic E-state index is -1.49. The van der Waals surface area contributed by atoms with Gasteiger partial charge in [0.05, 0.1) is 0 Å². The van der Waals surface area contributed by atoms with Gasteiger partial charge in [-0.15, -0.1) is 0 Å². The Morgan fingerprint density at radius 2 is 1.89 bits per heavy atom. The average molecular weight is 240 g/mol. The van der Waals surface area contributed by atoms with Crippen molar-refractivity contribution in [3.8, 4) is 0 Å². The number of para-hydroxylation sites is 1. The van der Waals surface area contributed by atoms with E-state index in [1.165, 1.54) is 0 Å². The fourth-order valence-corrected chi connectivity index (χ4v) is 2.27. The van der Waals surface area contributed by atoms with Crippen LogP contribution in [0.3, 0.4) is 0 Å². The first-order valence-corrected chi connectivity index (χ1v) is 5.72. The molecule has 4 heteroatoms. The van der Waals surface area contributed by atoms with Crippen LogP contribution in [-0.4, -0.2) is 16.0 Å². The quantitative estimate of drug-likeness (QED) is 0.835. The molecule has 1 atom stereocenters. The van der Waals surface area contributed by atoms with Crippen LogP contribution in [0.2, 0.25) is 0 Å². The van der Waals surface area contributed by atoms with Crippen LogP contribution in [0.25, 0.3) is 0 Å². The molecule has 1 aliphatic heterocycles. The van der Waals surface area contributed by atoms with Crippen molar-refractivity contribution in [1.29, 1.82) is 0 Å². The van der Waals surface area contributed by atoms with E-state index in [-0.39, 0.29) is 12.3 Å². The molecule has 4 nitrogen and oxygen atoms in total. The summed E-state index contributed by atoms with van der Waals surface area (Å²) in [6.07, 6.45) is 3.55. The number of aliphatic hydroxyl groups is 1. The smallest absolute Gasteiger partial charge is 0.261 e. The van der Waals surface area contributed by atoms with Crippen molar-refractivity contribution < 1.29 is 9.90 Å². The van der Waals surface area contributed by atoms with E-state index < -0.39 is 5.60 Å². The number of rotatable bonds is 2. The summed E-state index contributed by atoms with van der Waals surface area (Å²) in [5, 5.41) is 13.3. The van der Waals surface area contributed by atoms with E-state index in [2.05, 4.69) is 10.3 Å². The zero-order valence-corrected chi connectivity index (χ0v) is 9.63. The fourth-order valence-electron chi connectivity index (χ4n) is 2.27. The Balaban J connectivity index is 2.02. The number of anilines is 1. The molecule has 0 bridgehead atoms. The van der Waals surface area contributed by atoms with E-state index >= 15 is 0 Å². The summed E-state index contributed by atoms with van der Waals surface area (Å²) in [7, 11) is 0. The van der Waals surface area contributed by atoms with Gasteiger partial charge in [-0.3, -0.25) is 9.78 Å². The van der Waals surface area contributed by atoms with E-state index in [1.807, 2.05) is 12.1 Å². The maximum atomic E-state index is 12.0. The normalized spacial score (nSPS) is 21.5. The van der Waals surface area contributed by atoms with Crippen molar-refractivity contribution >= 4 is 11.6 Å². The standard InChI is InChI=1S/C14H12N2O2/c17-13-14(18,9-10-5-7-15-8-6-10)11-3-1-2-4-12(11)16-13/h1-8,18H,9H2,(H,16,17)/t14-/m0/s1. The average Bonchev–Trinajstić information content (AvgIpc) is 2.63. The molecule has 1 aliphatic rings. The Hall–Kier alpha value is -2.20. The summed E-state index contributed by atoms with van der Waals surface area (Å²) in [5.41, 5.74) is 0.697. The molecule has 0 aliphatic carbocycles. The van der Waals surface area contributed by atoms with Gasteiger partial charge in [0.1, 0.15) is 0 Å². The van der Waals surface area contributed by atoms with Crippen molar-refractivity contribution in [2.75, 3.05) is 5.32 Å². The predicted molar refractivity (Wildman–Crippen MR) is 66.9 cm³/mol. The van der Waals surface area contributed by atoms with Gasteiger partial charge in [-0.1, -0.05) is 18.2 Å². The first-order chi connectivity index (χ1) is 8.70. The van der Waals surface area contributed by atoms with Crippen molar-refractivity contribution in [2.45, 2.75) is 12.0 Å². The maximum absolute atomic E-state index is 12.0. The summed E-state index contributed by atoms with van der Waals surface area (Å²) in [5.74, 6) is -0.375. The van der Waals surface area contributed by atoms with E-state index in [9.17, 15) is 9.90 Å². The van der Waals surface area contributed by atoms with E-state index in [1.54, 1.807) is 36.7 Å². The predicted octanol–water partition coefficient (Wildman–Crippen LogP) is 1.46. The van der Waals surface area contributed by atoms with E-state index in [4.69, 9.17) is 0 Å². The Morgan fingerprint density at radius 1 is 1.17 bits per heavy atom. The third-order valence-corrected chi connectivity index (χ3v) is 3.21. The number of amides is 1. The third kappa shape index (κ3) is 1.58. The second-order valence-corrected chi connectivity index (χ2v) is 4.39. The molecule has 0 saturated heterocycles. The number of carbonyl (C=O) groups is 1. The first-order valence-electron chi connectivity index (χ1n) is 5.72. The molecule has 0 saturated carbocycles. The molecule has 1 aromatic heterocycles. The second kappa shape index (κ2) is 3.92. The molecule has 0 unspecified atom stereocenters. The van der Waals surface area contributed by atoms with Gasteiger partial charge < -0.3 is 10.4 Å². The molecule has 1 aromatic carbocycles. The van der Waals surface area contributed by atoms with E-state index in [0.717, 1.165) is 5.56 Å². The van der Waals surface area contributed by atoms with Crippen LogP contribution in [0, 0.1) is 0 Å². The van der Waals surface area contributed by atoms with Gasteiger partial charge in [-0.05, 0) is 23.8 Å². The van der Waals surface area contributed by atoms with Gasteiger partial charge in [0, 0.05) is 30.1 Å². The van der Waals surface area contributed by atoms with Crippen LogP contribution in [0.4, 0.5) is 5.69 Å². The van der Waals surface area contributed by atoms with E-state index in [0.29, 0.717) is 11.3 Å². The zero-order valence-electron chi connectivity index (χ0n) is 9.63. The monoisotopic (exact) mass is 240 g/mol. The fraction of sp³-hybridized carbons (Fsp3) is 0.143. The summed E-state index contributed by atoms with van der Waals surface area (Å²) in [4.78, 5) is 15.9. The number of nitrogens with zero attached hydrogens (tertiary/aromatic N) is 1. The van der Waals surface area contributed by atoms with Crippen molar-refractivity contribution in [2.24, 2.45) is 0 Å². The van der Waals surface area contributed by atoms with Crippen molar-refractivity contribution in [3.05, 3.63) is 59.9 Å². The highest BCUT2D eigenvalue weighted by molar-refractivity contribution is 6.05. The lowest BCUT2D eigenvalue weighted by atomic mass is 9.89. The van der Waals surface area contributed by atoms with Gasteiger partial charge in [-0.25, -0.2) is 0 Å². The van der Waals surface area contributed by atoms with Crippen LogP contribution >= 0.6 is 0 Å². The zero-order chi connectivity index (χ0) is 12.6. The molecule has 0 fully saturated rings. The van der Waals surface area contributed by atoms with Crippen LogP contribution in [0.1, 0.15) is 11.1 Å². The van der Waals surface area contributed by atoms with Crippen LogP contribution in [0.15, 0.2) is 48.8 Å². The van der Waals surface area contributed by atoms with Crippen LogP contribution < -0.4 is 5.32 Å². The topological polar surface area (TPSA) is 62.2 Å². The Bertz CT molecular complexity index is 598. The second-order valence-electron chi connectivity index (χ2n) is 4.39. The molecule has 2 heterocycles. The lowest BCUT2D eigenvalue weighted by Crippen LogP contribution is -2.36. The maximum Gasteiger partial charge on any atom is 0.261 e. The van der Waals surface area contributed by atoms with Crippen molar-refractivity contribution in [3.63, 3.8) is 0 Å². The molecule has 2 N–H and O–H groups in total. The molecular weight excluding hydrogens is 228 g/mol. The van der Waals surface area contributed by atoms with Gasteiger partial charge >= 0.3 is 0 Å². The highest BCUT2D eigenvalue weighted by atomic mass is 16.3. The Kier molecular flexibility index (Phi) is 2.38. The largest absolute Gasteiger partial charge is 0.375 e. The lowest BCUT2D eigenvalue weighted by molar-refractivity contribution is -0.133. The molecule has 0 spiro atoms. The molecule has 2 aromatic rings. The molecule has 3 rings (SSSR count). The number of benzene rings is 1. The molecule has 0 radical (unpaired) electrons. The number of hydrogen-bond donors (Lipinski definition) is 2. The summed E-state index contributed by atoms with van der Waals surface area (Å²) >= 11 is 0. The number of pyridine rings is 1. The Labute approximate surface area is 104 Å². The van der Waals surface area contributed by atoms with Crippen LogP contribution in [-0.2, 0) is 16.8 Å². The minimum absolute atomic E-state index is 0.248. The van der Waals surface area contributed by atoms with Crippen molar-refractivity contribution in [1.82, 2.24) is 4.98 Å². The summed E-state index contributed by atoms with van der Waals surface area (Å²) in [6, 6.07) is 10.8. The van der Waals surface area contributed by atoms with Gasteiger partial charge in [0.2, 0.25) is 0 Å². The summed E-state index contributed by atoms with van der Waals surface area (Å²) < 4.78 is 0. The van der Waals surface area contributed by atoms with Gasteiger partial charge in [-0.2, -0.15) is 0 Å². The third-order valence-electron chi connectivity index (χ3n) is 3.21. The first kappa shape index (κ1) is 10.9. The minimum Gasteiger partial charge on any atom is -0.375 e. The number of aromatic nitrogens is 1. The Morgan fingerprint density at radius 3 is 2.67 bits per heavy atom. The lowest BCUT2D eigenvalue weighted by Gasteiger charge is -2.20. The number of nitrogens with one attached hydrogen (secondary N) is 1. The highest BCUT2D eigenvalue weighted by Crippen LogP contribution is 2.37. The van der Waals surface area contributed by atoms with Crippen LogP contribution in [0.5, 0.6) is 0 Å². The highest BCUT2D eigenvalue weighted by Gasteiger charge is 2.44. The number of fused-ring (bicyclic) bond motifs is 1. The molecule has 1 amide bonds. The summed E-state index contributed by atoms with van der Waals surface area (Å²) in [6.45, 7) is 0. The molecular formula is C14H12N2O2. The van der Waals surface area contributed by atoms with Gasteiger partial charge in [0.25, 0.3) is 5.91 Å². The molecule has 18 heavy (non-hydrogen) atoms. The number of carbonyl (C=O) groups excluding carboxylic acids is 1. The SMILES string of the molecule is O=C1Nc2ccccc2[C@@]1(O)Cc1ccncc1.